The van der Waals surface area contributed by atoms with Crippen molar-refractivity contribution in [2.45, 2.75) is 111 Å². The van der Waals surface area contributed by atoms with E-state index in [1.54, 1.807) is 0 Å². The molecule has 0 fully saturated rings. The first-order valence-electron chi connectivity index (χ1n) is 9.84. The first-order valence-corrected chi connectivity index (χ1v) is 9.84. The van der Waals surface area contributed by atoms with E-state index in [9.17, 15) is 0 Å². The minimum atomic E-state index is 1.18. The molecule has 0 spiro atoms. The van der Waals surface area contributed by atoms with E-state index in [1.807, 2.05) is 0 Å². The summed E-state index contributed by atoms with van der Waals surface area (Å²) in [4.78, 5) is 0. The Hall–Kier alpha value is -0.790. The van der Waals surface area contributed by atoms with Gasteiger partial charge in [0.2, 0.25) is 0 Å². The van der Waals surface area contributed by atoms with Crippen molar-refractivity contribution in [1.29, 1.82) is 0 Å². The van der Waals surface area contributed by atoms with Crippen LogP contribution < -0.4 is 4.57 Å². The number of hydrogen-bond donors (Lipinski definition) is 0. The molecule has 0 aliphatic rings. The molecular formula is C20H39N2+. The molecule has 1 aromatic rings. The third-order valence-electron chi connectivity index (χ3n) is 4.76. The lowest BCUT2D eigenvalue weighted by atomic mass is 10.1. The van der Waals surface area contributed by atoms with Gasteiger partial charge in [0.25, 0.3) is 5.82 Å². The average molecular weight is 308 g/mol. The Bertz CT molecular complexity index is 368. The van der Waals surface area contributed by atoms with E-state index in [0.29, 0.717) is 0 Å². The molecule has 1 heterocycles. The number of unbranched alkanes of at least 4 members (excludes halogenated alkanes) is 10. The highest BCUT2D eigenvalue weighted by Crippen LogP contribution is 2.09. The summed E-state index contributed by atoms with van der Waals surface area (Å²) >= 11 is 0. The van der Waals surface area contributed by atoms with E-state index in [1.165, 1.54) is 96.0 Å². The van der Waals surface area contributed by atoms with Gasteiger partial charge in [-0.05, 0) is 25.7 Å². The third kappa shape index (κ3) is 8.00. The van der Waals surface area contributed by atoms with Crippen molar-refractivity contribution in [3.8, 4) is 0 Å². The lowest BCUT2D eigenvalue weighted by molar-refractivity contribution is -0.702. The van der Waals surface area contributed by atoms with E-state index < -0.39 is 0 Å². The van der Waals surface area contributed by atoms with Crippen LogP contribution in [0, 0.1) is 6.92 Å². The molecule has 0 radical (unpaired) electrons. The molecular weight excluding hydrogens is 268 g/mol. The molecule has 0 atom stereocenters. The van der Waals surface area contributed by atoms with Gasteiger partial charge in [-0.1, -0.05) is 65.2 Å². The largest absolute Gasteiger partial charge is 0.253 e. The maximum Gasteiger partial charge on any atom is 0.253 e. The second-order valence-corrected chi connectivity index (χ2v) is 6.77. The number of aryl methyl sites for hydroxylation is 2. The first-order chi connectivity index (χ1) is 10.8. The second kappa shape index (κ2) is 12.7. The zero-order valence-electron chi connectivity index (χ0n) is 15.4. The van der Waals surface area contributed by atoms with Crippen molar-refractivity contribution in [3.05, 3.63) is 18.2 Å². The first kappa shape index (κ1) is 19.3. The van der Waals surface area contributed by atoms with Gasteiger partial charge in [0.1, 0.15) is 12.4 Å². The summed E-state index contributed by atoms with van der Waals surface area (Å²) in [6.07, 6.45) is 21.2. The van der Waals surface area contributed by atoms with Crippen LogP contribution in [0.4, 0.5) is 0 Å². The van der Waals surface area contributed by atoms with Gasteiger partial charge in [-0.15, -0.1) is 0 Å². The van der Waals surface area contributed by atoms with Crippen LogP contribution in [0.25, 0.3) is 0 Å². The molecule has 0 saturated carbocycles. The van der Waals surface area contributed by atoms with Gasteiger partial charge >= 0.3 is 0 Å². The number of hydrogen-bond acceptors (Lipinski definition) is 0. The molecule has 0 saturated heterocycles. The summed E-state index contributed by atoms with van der Waals surface area (Å²) in [7, 11) is 0. The molecule has 0 unspecified atom stereocenters. The Labute approximate surface area is 138 Å². The van der Waals surface area contributed by atoms with E-state index >= 15 is 0 Å². The van der Waals surface area contributed by atoms with E-state index in [4.69, 9.17) is 0 Å². The quantitative estimate of drug-likeness (QED) is 0.303. The topological polar surface area (TPSA) is 8.81 Å². The fourth-order valence-electron chi connectivity index (χ4n) is 3.14. The summed E-state index contributed by atoms with van der Waals surface area (Å²) in [5.41, 5.74) is 0. The van der Waals surface area contributed by atoms with Crippen LogP contribution in [-0.2, 0) is 13.1 Å². The molecule has 2 nitrogen and oxygen atoms in total. The zero-order valence-corrected chi connectivity index (χ0v) is 15.4. The van der Waals surface area contributed by atoms with Gasteiger partial charge in [0.15, 0.2) is 0 Å². The maximum atomic E-state index is 2.44. The average Bonchev–Trinajstić information content (AvgIpc) is 2.87. The number of aromatic nitrogens is 2. The smallest absolute Gasteiger partial charge is 0.234 e. The summed E-state index contributed by atoms with van der Waals surface area (Å²) < 4.78 is 4.86. The van der Waals surface area contributed by atoms with Crippen molar-refractivity contribution in [2.24, 2.45) is 0 Å². The van der Waals surface area contributed by atoms with Gasteiger partial charge < -0.3 is 0 Å². The van der Waals surface area contributed by atoms with Gasteiger partial charge in [-0.2, -0.15) is 0 Å². The normalized spacial score (nSPS) is 11.2. The zero-order chi connectivity index (χ0) is 16.0. The molecule has 2 heteroatoms. The number of nitrogens with zero attached hydrogens (tertiary/aromatic N) is 2. The Balaban J connectivity index is 2.07. The summed E-state index contributed by atoms with van der Waals surface area (Å²) in [5.74, 6) is 1.43. The minimum absolute atomic E-state index is 1.18. The van der Waals surface area contributed by atoms with Crippen LogP contribution in [-0.4, -0.2) is 4.57 Å². The lowest BCUT2D eigenvalue weighted by Crippen LogP contribution is -2.35. The predicted octanol–water partition coefficient (Wildman–Crippen LogP) is 5.81. The predicted molar refractivity (Wildman–Crippen MR) is 96.1 cm³/mol. The Morgan fingerprint density at radius 2 is 1.32 bits per heavy atom. The number of rotatable bonds is 14. The van der Waals surface area contributed by atoms with Crippen molar-refractivity contribution >= 4 is 0 Å². The van der Waals surface area contributed by atoms with E-state index in [-0.39, 0.29) is 0 Å². The summed E-state index contributed by atoms with van der Waals surface area (Å²) in [6.45, 7) is 9.20. The SMILES string of the molecule is CCCCCCCCCCC[n+]1ccn(CCCCC)c1C. The van der Waals surface area contributed by atoms with Crippen molar-refractivity contribution < 1.29 is 4.57 Å². The second-order valence-electron chi connectivity index (χ2n) is 6.77. The third-order valence-corrected chi connectivity index (χ3v) is 4.76. The van der Waals surface area contributed by atoms with E-state index in [2.05, 4.69) is 42.3 Å². The molecule has 0 bridgehead atoms. The van der Waals surface area contributed by atoms with E-state index in [0.717, 1.165) is 0 Å². The highest BCUT2D eigenvalue weighted by atomic mass is 15.1. The fourth-order valence-corrected chi connectivity index (χ4v) is 3.14. The van der Waals surface area contributed by atoms with Crippen LogP contribution >= 0.6 is 0 Å². The minimum Gasteiger partial charge on any atom is -0.234 e. The molecule has 1 rings (SSSR count). The van der Waals surface area contributed by atoms with Crippen molar-refractivity contribution in [1.82, 2.24) is 4.57 Å². The highest BCUT2D eigenvalue weighted by Gasteiger charge is 2.10. The summed E-state index contributed by atoms with van der Waals surface area (Å²) in [6, 6.07) is 0. The van der Waals surface area contributed by atoms with Gasteiger partial charge in [-0.25, -0.2) is 9.13 Å². The van der Waals surface area contributed by atoms with Gasteiger partial charge in [0.05, 0.1) is 13.1 Å². The number of imidazole rings is 1. The van der Waals surface area contributed by atoms with Crippen LogP contribution in [0.3, 0.4) is 0 Å². The fraction of sp³-hybridized carbons (Fsp3) is 0.850. The molecule has 0 aromatic carbocycles. The van der Waals surface area contributed by atoms with Crippen LogP contribution in [0.1, 0.15) is 96.7 Å². The Kier molecular flexibility index (Phi) is 11.1. The molecule has 0 amide bonds. The van der Waals surface area contributed by atoms with Gasteiger partial charge in [0, 0.05) is 6.92 Å². The monoisotopic (exact) mass is 307 g/mol. The van der Waals surface area contributed by atoms with Gasteiger partial charge in [-0.3, -0.25) is 0 Å². The molecule has 22 heavy (non-hydrogen) atoms. The molecule has 1 aromatic heterocycles. The van der Waals surface area contributed by atoms with Crippen LogP contribution in [0.15, 0.2) is 12.4 Å². The maximum absolute atomic E-state index is 2.44. The molecule has 128 valence electrons. The molecule has 0 N–H and O–H groups in total. The highest BCUT2D eigenvalue weighted by molar-refractivity contribution is 4.79. The van der Waals surface area contributed by atoms with Crippen LogP contribution in [0.2, 0.25) is 0 Å². The Morgan fingerprint density at radius 3 is 1.95 bits per heavy atom. The van der Waals surface area contributed by atoms with Crippen molar-refractivity contribution in [3.63, 3.8) is 0 Å². The lowest BCUT2D eigenvalue weighted by Gasteiger charge is -2.03. The molecule has 0 aliphatic carbocycles. The standard InChI is InChI=1S/C20H39N2/c1-4-6-8-9-10-11-12-13-15-17-22-19-18-21(20(22)3)16-14-7-5-2/h18-19H,4-17H2,1-3H3/q+1. The van der Waals surface area contributed by atoms with Crippen molar-refractivity contribution in [2.75, 3.05) is 0 Å². The molecule has 0 aliphatic heterocycles. The Morgan fingerprint density at radius 1 is 0.773 bits per heavy atom. The van der Waals surface area contributed by atoms with Crippen LogP contribution in [0.5, 0.6) is 0 Å². The summed E-state index contributed by atoms with van der Waals surface area (Å²) in [5, 5.41) is 0.